The minimum absolute atomic E-state index is 0.336. The lowest BCUT2D eigenvalue weighted by Crippen LogP contribution is -2.18. The highest BCUT2D eigenvalue weighted by molar-refractivity contribution is 6.29. The molecule has 1 aromatic rings. The van der Waals surface area contributed by atoms with E-state index in [9.17, 15) is 5.11 Å². The van der Waals surface area contributed by atoms with Gasteiger partial charge in [0.25, 0.3) is 0 Å². The number of aliphatic hydroxyl groups is 1. The summed E-state index contributed by atoms with van der Waals surface area (Å²) in [5, 5.41) is 12.7. The molecule has 1 rings (SSSR count). The van der Waals surface area contributed by atoms with Crippen LogP contribution in [-0.2, 0) is 4.74 Å². The molecule has 1 atom stereocenters. The molecule has 0 spiro atoms. The predicted octanol–water partition coefficient (Wildman–Crippen LogP) is 0.939. The Morgan fingerprint density at radius 1 is 1.60 bits per heavy atom. The molecule has 0 aliphatic carbocycles. The molecule has 0 fully saturated rings. The van der Waals surface area contributed by atoms with Gasteiger partial charge in [-0.2, -0.15) is 0 Å². The summed E-state index contributed by atoms with van der Waals surface area (Å²) in [5.74, 6) is 0.604. The summed E-state index contributed by atoms with van der Waals surface area (Å²) in [6.07, 6.45) is 3.16. The topological polar surface area (TPSA) is 67.3 Å². The number of rotatable bonds is 6. The lowest BCUT2D eigenvalue weighted by Gasteiger charge is -2.10. The average Bonchev–Trinajstić information content (AvgIpc) is 2.18. The smallest absolute Gasteiger partial charge is 0.149 e. The number of ether oxygens (including phenoxy) is 1. The number of aliphatic hydroxyl groups excluding tert-OH is 1. The van der Waals surface area contributed by atoms with Gasteiger partial charge in [0.15, 0.2) is 0 Å². The van der Waals surface area contributed by atoms with Gasteiger partial charge in [0, 0.05) is 13.7 Å². The van der Waals surface area contributed by atoms with E-state index in [1.807, 2.05) is 0 Å². The average molecular weight is 232 g/mol. The van der Waals surface area contributed by atoms with Crippen molar-refractivity contribution < 1.29 is 9.84 Å². The summed E-state index contributed by atoms with van der Waals surface area (Å²) in [5.41, 5.74) is 0. The van der Waals surface area contributed by atoms with Crippen molar-refractivity contribution in [2.24, 2.45) is 0 Å². The number of nitrogens with one attached hydrogen (secondary N) is 1. The van der Waals surface area contributed by atoms with Crippen molar-refractivity contribution >= 4 is 17.4 Å². The fraction of sp³-hybridized carbons (Fsp3) is 0.556. The second-order valence-electron chi connectivity index (χ2n) is 3.05. The fourth-order valence-electron chi connectivity index (χ4n) is 1.07. The summed E-state index contributed by atoms with van der Waals surface area (Å²) >= 11 is 5.65. The Hall–Kier alpha value is -0.910. The lowest BCUT2D eigenvalue weighted by atomic mass is 10.3. The van der Waals surface area contributed by atoms with Gasteiger partial charge in [-0.3, -0.25) is 4.98 Å². The Bertz CT molecular complexity index is 298. The number of anilines is 1. The summed E-state index contributed by atoms with van der Waals surface area (Å²) < 4.78 is 4.80. The van der Waals surface area contributed by atoms with Crippen molar-refractivity contribution in [1.82, 2.24) is 9.97 Å². The van der Waals surface area contributed by atoms with Crippen LogP contribution in [0.3, 0.4) is 0 Å². The maximum atomic E-state index is 9.35. The highest BCUT2D eigenvalue weighted by atomic mass is 35.5. The first-order valence-electron chi connectivity index (χ1n) is 4.61. The summed E-state index contributed by atoms with van der Waals surface area (Å²) in [4.78, 5) is 7.87. The summed E-state index contributed by atoms with van der Waals surface area (Å²) in [7, 11) is 1.55. The number of aromatic nitrogens is 2. The number of hydrogen-bond acceptors (Lipinski definition) is 5. The van der Waals surface area contributed by atoms with Gasteiger partial charge in [-0.05, 0) is 6.42 Å². The van der Waals surface area contributed by atoms with Crippen LogP contribution in [-0.4, -0.2) is 41.4 Å². The van der Waals surface area contributed by atoms with Crippen molar-refractivity contribution in [1.29, 1.82) is 0 Å². The van der Waals surface area contributed by atoms with Gasteiger partial charge >= 0.3 is 0 Å². The molecule has 0 radical (unpaired) electrons. The number of nitrogens with zero attached hydrogens (tertiary/aromatic N) is 2. The second-order valence-corrected chi connectivity index (χ2v) is 3.44. The van der Waals surface area contributed by atoms with Gasteiger partial charge in [-0.1, -0.05) is 11.6 Å². The molecule has 84 valence electrons. The number of halogens is 1. The van der Waals surface area contributed by atoms with Crippen LogP contribution in [0.1, 0.15) is 6.42 Å². The molecule has 1 heterocycles. The molecule has 0 aliphatic rings. The van der Waals surface area contributed by atoms with Crippen LogP contribution >= 0.6 is 11.6 Å². The summed E-state index contributed by atoms with van der Waals surface area (Å²) in [6, 6.07) is 0. The summed E-state index contributed by atoms with van der Waals surface area (Å²) in [6.45, 7) is 0.933. The van der Waals surface area contributed by atoms with Gasteiger partial charge in [0.1, 0.15) is 11.0 Å². The molecule has 0 amide bonds. The van der Waals surface area contributed by atoms with Crippen LogP contribution in [0.4, 0.5) is 5.82 Å². The normalized spacial score (nSPS) is 12.5. The number of hydrogen-bond donors (Lipinski definition) is 2. The van der Waals surface area contributed by atoms with Gasteiger partial charge in [0.2, 0.25) is 0 Å². The molecule has 1 aromatic heterocycles. The van der Waals surface area contributed by atoms with Gasteiger partial charge in [-0.15, -0.1) is 0 Å². The minimum atomic E-state index is -0.463. The molecular weight excluding hydrogens is 218 g/mol. The molecule has 0 bridgehead atoms. The molecule has 1 unspecified atom stereocenters. The molecule has 5 nitrogen and oxygen atoms in total. The van der Waals surface area contributed by atoms with Crippen molar-refractivity contribution in [3.05, 3.63) is 17.5 Å². The molecule has 2 N–H and O–H groups in total. The molecule has 6 heteroatoms. The zero-order chi connectivity index (χ0) is 11.1. The van der Waals surface area contributed by atoms with Crippen molar-refractivity contribution in [3.8, 4) is 0 Å². The van der Waals surface area contributed by atoms with E-state index < -0.39 is 6.10 Å². The quantitative estimate of drug-likeness (QED) is 0.763. The van der Waals surface area contributed by atoms with Crippen LogP contribution in [0.2, 0.25) is 5.15 Å². The molecule has 0 aromatic carbocycles. The second kappa shape index (κ2) is 6.55. The van der Waals surface area contributed by atoms with E-state index in [0.717, 1.165) is 0 Å². The Morgan fingerprint density at radius 2 is 2.40 bits per heavy atom. The van der Waals surface area contributed by atoms with E-state index in [2.05, 4.69) is 15.3 Å². The highest BCUT2D eigenvalue weighted by Crippen LogP contribution is 2.06. The highest BCUT2D eigenvalue weighted by Gasteiger charge is 2.03. The lowest BCUT2D eigenvalue weighted by molar-refractivity contribution is 0.0615. The minimum Gasteiger partial charge on any atom is -0.391 e. The maximum Gasteiger partial charge on any atom is 0.149 e. The Labute approximate surface area is 93.5 Å². The van der Waals surface area contributed by atoms with E-state index in [1.54, 1.807) is 13.3 Å². The first-order valence-corrected chi connectivity index (χ1v) is 4.98. The zero-order valence-electron chi connectivity index (χ0n) is 8.48. The molecule has 0 saturated heterocycles. The van der Waals surface area contributed by atoms with E-state index in [4.69, 9.17) is 16.3 Å². The monoisotopic (exact) mass is 231 g/mol. The van der Waals surface area contributed by atoms with Crippen LogP contribution in [0.15, 0.2) is 12.4 Å². The van der Waals surface area contributed by atoms with Crippen LogP contribution in [0, 0.1) is 0 Å². The van der Waals surface area contributed by atoms with E-state index in [0.29, 0.717) is 30.5 Å². The van der Waals surface area contributed by atoms with Crippen LogP contribution in [0.5, 0.6) is 0 Å². The maximum absolute atomic E-state index is 9.35. The Balaban J connectivity index is 2.25. The molecule has 15 heavy (non-hydrogen) atoms. The molecule has 0 saturated carbocycles. The van der Waals surface area contributed by atoms with Crippen molar-refractivity contribution in [2.45, 2.75) is 12.5 Å². The Kier molecular flexibility index (Phi) is 5.31. The standard InChI is InChI=1S/C9H14ClN3O2/c1-15-6-7(14)2-3-12-9-5-11-4-8(10)13-9/h4-5,7,14H,2-3,6H2,1H3,(H,12,13). The van der Waals surface area contributed by atoms with Crippen molar-refractivity contribution in [3.63, 3.8) is 0 Å². The molecule has 0 aliphatic heterocycles. The van der Waals surface area contributed by atoms with Crippen LogP contribution < -0.4 is 5.32 Å². The van der Waals surface area contributed by atoms with E-state index in [1.165, 1.54) is 6.20 Å². The number of methoxy groups -OCH3 is 1. The third-order valence-corrected chi connectivity index (χ3v) is 1.93. The largest absolute Gasteiger partial charge is 0.391 e. The van der Waals surface area contributed by atoms with E-state index >= 15 is 0 Å². The molecular formula is C9H14ClN3O2. The zero-order valence-corrected chi connectivity index (χ0v) is 9.24. The van der Waals surface area contributed by atoms with Gasteiger partial charge in [0.05, 0.1) is 25.1 Å². The third kappa shape index (κ3) is 4.92. The van der Waals surface area contributed by atoms with E-state index in [-0.39, 0.29) is 0 Å². The van der Waals surface area contributed by atoms with Crippen LogP contribution in [0.25, 0.3) is 0 Å². The third-order valence-electron chi connectivity index (χ3n) is 1.75. The fourth-order valence-corrected chi connectivity index (χ4v) is 1.22. The SMILES string of the molecule is COCC(O)CCNc1cncc(Cl)n1. The first kappa shape index (κ1) is 12.2. The first-order chi connectivity index (χ1) is 7.22. The predicted molar refractivity (Wildman–Crippen MR) is 58.0 cm³/mol. The van der Waals surface area contributed by atoms with Gasteiger partial charge < -0.3 is 15.2 Å². The van der Waals surface area contributed by atoms with Gasteiger partial charge in [-0.25, -0.2) is 4.98 Å². The van der Waals surface area contributed by atoms with Crippen molar-refractivity contribution in [2.75, 3.05) is 25.6 Å². The Morgan fingerprint density at radius 3 is 3.07 bits per heavy atom.